The Hall–Kier alpha value is -12.6. The van der Waals surface area contributed by atoms with E-state index in [1.54, 1.807) is 0 Å². The van der Waals surface area contributed by atoms with Crippen molar-refractivity contribution in [2.75, 3.05) is 0 Å². The zero-order chi connectivity index (χ0) is 60.3. The van der Waals surface area contributed by atoms with Crippen molar-refractivity contribution in [1.29, 1.82) is 0 Å². The smallest absolute Gasteiger partial charge is 0.238 e. The van der Waals surface area contributed by atoms with E-state index in [0.29, 0.717) is 5.69 Å². The van der Waals surface area contributed by atoms with Crippen LogP contribution in [0.5, 0.6) is 0 Å². The molecule has 0 fully saturated rings. The predicted octanol–water partition coefficient (Wildman–Crippen LogP) is 23.4. The summed E-state index contributed by atoms with van der Waals surface area (Å²) in [6.07, 6.45) is 0. The molecule has 6 heterocycles. The highest BCUT2D eigenvalue weighted by Crippen LogP contribution is 2.56. The maximum absolute atomic E-state index is 10.4. The Kier molecular flexibility index (Phi) is 10.5. The van der Waals surface area contributed by atoms with Crippen LogP contribution < -0.4 is 0 Å². The molecule has 0 aliphatic rings. The van der Waals surface area contributed by atoms with E-state index in [9.17, 15) is 6.57 Å². The fraction of sp³-hybridized carbons (Fsp3) is 0. The summed E-state index contributed by atoms with van der Waals surface area (Å²) >= 11 is 0. The van der Waals surface area contributed by atoms with E-state index in [1.165, 1.54) is 0 Å². The van der Waals surface area contributed by atoms with E-state index in [2.05, 4.69) is 303 Å². The third-order valence-electron chi connectivity index (χ3n) is 19.4. The van der Waals surface area contributed by atoms with E-state index in [0.717, 1.165) is 187 Å². The van der Waals surface area contributed by atoms with Gasteiger partial charge in [-0.1, -0.05) is 212 Å². The fourth-order valence-electron chi connectivity index (χ4n) is 15.5. The topological polar surface area (TPSA) is 50.4 Å². The molecule has 0 unspecified atom stereocenters. The second-order valence-corrected chi connectivity index (χ2v) is 24.1. The van der Waals surface area contributed by atoms with E-state index >= 15 is 0 Å². The zero-order valence-corrected chi connectivity index (χ0v) is 49.3. The van der Waals surface area contributed by atoms with E-state index < -0.39 is 0 Å². The lowest BCUT2D eigenvalue weighted by atomic mass is 9.95. The molecule has 92 heavy (non-hydrogen) atoms. The largest absolute Gasteiger partial charge is 0.455 e. The molecule has 14 aromatic carbocycles. The van der Waals surface area contributed by atoms with Gasteiger partial charge >= 0.3 is 0 Å². The Bertz CT molecular complexity index is 6090. The molecule has 426 valence electrons. The first-order chi connectivity index (χ1) is 45.7. The van der Waals surface area contributed by atoms with Gasteiger partial charge in [-0.2, -0.15) is 0 Å². The molecule has 0 bridgehead atoms. The van der Waals surface area contributed by atoms with Crippen LogP contribution in [0.4, 0.5) is 5.69 Å². The molecule has 0 N–H and O–H groups in total. The number of nitrogens with zero attached hydrogens (tertiary/aromatic N) is 5. The SMILES string of the molecule is [C-]#[N+]c1c(-n2c3ccccc3c3ccccc32)c(-n2c3ccc(-c4ccccc4)cc3c3c4oc5ccccc5c4ccc32)c(-c2ccccc2)c(-n2c3ccc(-c4ccccc4)cc3c3c4oc5ccccc5c4ccc32)c1-n1c2ccccc2c2ccccc21. The lowest BCUT2D eigenvalue weighted by Crippen LogP contribution is -2.14. The molecule has 7 nitrogen and oxygen atoms in total. The van der Waals surface area contributed by atoms with Gasteiger partial charge in [0.25, 0.3) is 0 Å². The van der Waals surface area contributed by atoms with Gasteiger partial charge in [0.2, 0.25) is 5.69 Å². The molecule has 7 heteroatoms. The molecule has 0 aliphatic heterocycles. The molecule has 0 radical (unpaired) electrons. The van der Waals surface area contributed by atoms with Crippen molar-refractivity contribution < 1.29 is 8.83 Å². The Morgan fingerprint density at radius 3 is 0.946 bits per heavy atom. The molecule has 0 aliphatic carbocycles. The number of rotatable bonds is 7. The number of hydrogen-bond donors (Lipinski definition) is 0. The second-order valence-electron chi connectivity index (χ2n) is 24.1. The molecule has 0 spiro atoms. The molecule has 6 aromatic heterocycles. The zero-order valence-electron chi connectivity index (χ0n) is 49.3. The van der Waals surface area contributed by atoms with Crippen LogP contribution in [0, 0.1) is 6.57 Å². The lowest BCUT2D eigenvalue weighted by molar-refractivity contribution is 0.672. The van der Waals surface area contributed by atoms with Gasteiger partial charge in [-0.25, -0.2) is 4.85 Å². The number of benzene rings is 14. The summed E-state index contributed by atoms with van der Waals surface area (Å²) in [5.74, 6) is 0. The Balaban J connectivity index is 1.09. The molecular weight excluding hydrogens is 1120 g/mol. The summed E-state index contributed by atoms with van der Waals surface area (Å²) in [5.41, 5.74) is 20.8. The van der Waals surface area contributed by atoms with Crippen molar-refractivity contribution in [3.8, 4) is 56.1 Å². The van der Waals surface area contributed by atoms with Gasteiger partial charge in [0, 0.05) is 59.4 Å². The van der Waals surface area contributed by atoms with Crippen molar-refractivity contribution in [1.82, 2.24) is 18.3 Å². The number of fused-ring (bicyclic) bond motifs is 20. The van der Waals surface area contributed by atoms with E-state index in [1.807, 2.05) is 12.1 Å². The number of para-hydroxylation sites is 6. The Morgan fingerprint density at radius 1 is 0.239 bits per heavy atom. The van der Waals surface area contributed by atoms with Crippen molar-refractivity contribution in [3.05, 3.63) is 309 Å². The van der Waals surface area contributed by atoms with Gasteiger partial charge < -0.3 is 27.1 Å². The first-order valence-corrected chi connectivity index (χ1v) is 31.2. The van der Waals surface area contributed by atoms with Crippen LogP contribution in [0.1, 0.15) is 0 Å². The van der Waals surface area contributed by atoms with Crippen molar-refractivity contribution in [2.45, 2.75) is 0 Å². The molecule has 20 rings (SSSR count). The van der Waals surface area contributed by atoms with Crippen LogP contribution in [0.25, 0.3) is 192 Å². The average Bonchev–Trinajstić information content (AvgIpc) is 1.46. The molecule has 0 saturated carbocycles. The lowest BCUT2D eigenvalue weighted by Gasteiger charge is -2.29. The highest BCUT2D eigenvalue weighted by Gasteiger charge is 2.36. The monoisotopic (exact) mass is 1170 g/mol. The van der Waals surface area contributed by atoms with Crippen LogP contribution >= 0.6 is 0 Å². The first-order valence-electron chi connectivity index (χ1n) is 31.2. The van der Waals surface area contributed by atoms with E-state index in [-0.39, 0.29) is 0 Å². The fourth-order valence-corrected chi connectivity index (χ4v) is 15.5. The van der Waals surface area contributed by atoms with Crippen LogP contribution in [-0.4, -0.2) is 18.3 Å². The number of furan rings is 2. The standard InChI is InChI=1S/C85H49N5O2/c1-86-79-82(87-66-35-17-11-29-56(66)57-30-12-18-36-67(57)87)80(89-70-45-41-54(51-23-5-2-6-24-51)49-64(70)77-72(89)47-43-62-60-33-15-21-39-74(60)91-84(62)77)76(53-27-9-4-10-28-53)81(83(79)88-68-37-19-13-31-58(68)59-32-14-20-38-69(59)88)90-71-46-42-55(52-25-7-3-8-26-52)50-65(71)78-73(90)48-44-63-61-34-16-22-40-75(61)92-85(63)78/h2-50H. The Labute approximate surface area is 525 Å². The average molecular weight is 1170 g/mol. The van der Waals surface area contributed by atoms with Gasteiger partial charge in [0.05, 0.1) is 84.2 Å². The minimum Gasteiger partial charge on any atom is -0.455 e. The highest BCUT2D eigenvalue weighted by molar-refractivity contribution is 6.28. The highest BCUT2D eigenvalue weighted by atomic mass is 16.3. The minimum absolute atomic E-state index is 0.467. The van der Waals surface area contributed by atoms with Gasteiger partial charge in [-0.05, 0) is 113 Å². The van der Waals surface area contributed by atoms with E-state index in [4.69, 9.17) is 13.7 Å². The minimum atomic E-state index is 0.467. The van der Waals surface area contributed by atoms with Crippen molar-refractivity contribution >= 4 is 137 Å². The molecule has 0 saturated heterocycles. The Morgan fingerprint density at radius 2 is 0.554 bits per heavy atom. The van der Waals surface area contributed by atoms with Crippen LogP contribution in [0.2, 0.25) is 0 Å². The summed E-state index contributed by atoms with van der Waals surface area (Å²) in [6.45, 7) is 10.4. The molecule has 20 aromatic rings. The van der Waals surface area contributed by atoms with Gasteiger partial charge in [-0.3, -0.25) is 0 Å². The summed E-state index contributed by atoms with van der Waals surface area (Å²) in [5, 5.41) is 12.5. The maximum Gasteiger partial charge on any atom is 0.238 e. The van der Waals surface area contributed by atoms with Gasteiger partial charge in [0.15, 0.2) is 0 Å². The maximum atomic E-state index is 10.4. The summed E-state index contributed by atoms with van der Waals surface area (Å²) in [6, 6.07) is 106. The van der Waals surface area contributed by atoms with Crippen LogP contribution in [0.3, 0.4) is 0 Å². The van der Waals surface area contributed by atoms with Crippen molar-refractivity contribution in [3.63, 3.8) is 0 Å². The first kappa shape index (κ1) is 50.4. The number of hydrogen-bond acceptors (Lipinski definition) is 2. The van der Waals surface area contributed by atoms with Gasteiger partial charge in [0.1, 0.15) is 22.3 Å². The predicted molar refractivity (Wildman–Crippen MR) is 381 cm³/mol. The quantitative estimate of drug-likeness (QED) is 0.149. The third-order valence-corrected chi connectivity index (χ3v) is 19.4. The normalized spacial score (nSPS) is 12.1. The van der Waals surface area contributed by atoms with Crippen LogP contribution in [-0.2, 0) is 0 Å². The molecule has 0 atom stereocenters. The van der Waals surface area contributed by atoms with Gasteiger partial charge in [-0.15, -0.1) is 0 Å². The summed E-state index contributed by atoms with van der Waals surface area (Å²) < 4.78 is 24.1. The summed E-state index contributed by atoms with van der Waals surface area (Å²) in [7, 11) is 0. The van der Waals surface area contributed by atoms with Crippen molar-refractivity contribution in [2.24, 2.45) is 0 Å². The number of aromatic nitrogens is 4. The third kappa shape index (κ3) is 6.92. The molecule has 0 amide bonds. The second kappa shape index (κ2) is 19.2. The summed E-state index contributed by atoms with van der Waals surface area (Å²) in [4.78, 5) is 5.12. The van der Waals surface area contributed by atoms with Crippen LogP contribution in [0.15, 0.2) is 306 Å². The molecular formula is C85H49N5O2.